The van der Waals surface area contributed by atoms with Crippen LogP contribution in [-0.4, -0.2) is 40.3 Å². The van der Waals surface area contributed by atoms with Crippen molar-refractivity contribution in [2.45, 2.75) is 45.1 Å². The number of hydrogen-bond acceptors (Lipinski definition) is 4. The van der Waals surface area contributed by atoms with Gasteiger partial charge >= 0.3 is 0 Å². The fourth-order valence-electron chi connectivity index (χ4n) is 4.13. The van der Waals surface area contributed by atoms with Crippen LogP contribution in [-0.2, 0) is 24.2 Å². The van der Waals surface area contributed by atoms with Crippen molar-refractivity contribution in [1.82, 2.24) is 14.7 Å². The van der Waals surface area contributed by atoms with Gasteiger partial charge in [0.2, 0.25) is 0 Å². The van der Waals surface area contributed by atoms with E-state index < -0.39 is 0 Å². The zero-order valence-corrected chi connectivity index (χ0v) is 17.2. The highest BCUT2D eigenvalue weighted by atomic mass is 35.5. The number of ether oxygens (including phenoxy) is 1. The highest BCUT2D eigenvalue weighted by molar-refractivity contribution is 6.32. The number of carbonyl (C=O) groups excluding carboxylic acids is 1. The predicted octanol–water partition coefficient (Wildman–Crippen LogP) is 3.09. The second-order valence-corrected chi connectivity index (χ2v) is 8.29. The fraction of sp³-hybridized carbons (Fsp3) is 0.500. The van der Waals surface area contributed by atoms with Gasteiger partial charge in [-0.1, -0.05) is 23.7 Å². The maximum Gasteiger partial charge on any atom is 0.267 e. The third-order valence-corrected chi connectivity index (χ3v) is 6.17. The molecule has 2 aromatic rings. The van der Waals surface area contributed by atoms with Crippen molar-refractivity contribution < 1.29 is 9.53 Å². The van der Waals surface area contributed by atoms with Crippen LogP contribution in [0.4, 0.5) is 0 Å². The van der Waals surface area contributed by atoms with E-state index in [1.807, 2.05) is 17.0 Å². The Balaban J connectivity index is 1.29. The molecule has 0 unspecified atom stereocenters. The molecule has 1 aliphatic carbocycles. The van der Waals surface area contributed by atoms with E-state index in [1.54, 1.807) is 22.9 Å². The number of para-hydroxylation sites is 1. The summed E-state index contributed by atoms with van der Waals surface area (Å²) in [7, 11) is 0. The Bertz CT molecular complexity index is 935. The number of nitrogens with zero attached hydrogens (tertiary/aromatic N) is 3. The smallest absolute Gasteiger partial charge is 0.267 e. The molecule has 1 saturated heterocycles. The van der Waals surface area contributed by atoms with Crippen LogP contribution in [0.2, 0.25) is 5.02 Å². The molecule has 2 aliphatic rings. The first-order valence-electron chi connectivity index (χ1n) is 10.3. The first kappa shape index (κ1) is 20.0. The third-order valence-electron chi connectivity index (χ3n) is 5.86. The Hall–Kier alpha value is -2.34. The van der Waals surface area contributed by atoms with Gasteiger partial charge in [-0.15, -0.1) is 0 Å². The molecule has 2 heterocycles. The fourth-order valence-corrected chi connectivity index (χ4v) is 4.32. The molecule has 0 spiro atoms. The molecular weight excluding hydrogens is 390 g/mol. The highest BCUT2D eigenvalue weighted by Crippen LogP contribution is 2.24. The molecule has 7 heteroatoms. The molecular formula is C22H26ClN3O3. The number of likely N-dealkylation sites (tertiary alicyclic amines) is 1. The van der Waals surface area contributed by atoms with Crippen LogP contribution in [0.15, 0.2) is 35.1 Å². The Labute approximate surface area is 175 Å². The number of benzene rings is 1. The van der Waals surface area contributed by atoms with Crippen molar-refractivity contribution in [3.63, 3.8) is 0 Å². The monoisotopic (exact) mass is 415 g/mol. The van der Waals surface area contributed by atoms with E-state index in [1.165, 1.54) is 0 Å². The summed E-state index contributed by atoms with van der Waals surface area (Å²) in [5.41, 5.74) is 2.20. The second-order valence-electron chi connectivity index (χ2n) is 7.89. The number of aromatic nitrogens is 2. The van der Waals surface area contributed by atoms with E-state index in [9.17, 15) is 9.59 Å². The van der Waals surface area contributed by atoms with Gasteiger partial charge in [0, 0.05) is 25.7 Å². The third kappa shape index (κ3) is 4.81. The number of amides is 1. The topological polar surface area (TPSA) is 64.4 Å². The molecule has 1 aliphatic heterocycles. The van der Waals surface area contributed by atoms with Crippen molar-refractivity contribution in [3.05, 3.63) is 57.0 Å². The van der Waals surface area contributed by atoms with Crippen LogP contribution in [0, 0.1) is 5.92 Å². The number of carbonyl (C=O) groups is 1. The minimum absolute atomic E-state index is 0.00250. The summed E-state index contributed by atoms with van der Waals surface area (Å²) < 4.78 is 7.20. The lowest BCUT2D eigenvalue weighted by atomic mass is 9.96. The lowest BCUT2D eigenvalue weighted by molar-refractivity contribution is -0.134. The standard InChI is InChI=1S/C22H26ClN3O3/c23-18-6-2-4-8-20(18)29-15-22(28)25-11-9-16(10-12-25)14-26-21(27)13-17-5-1-3-7-19(17)24-26/h2,4,6,8,13,16H,1,3,5,7,9-12,14-15H2. The van der Waals surface area contributed by atoms with Crippen LogP contribution in [0.25, 0.3) is 0 Å². The molecule has 0 bridgehead atoms. The molecule has 29 heavy (non-hydrogen) atoms. The lowest BCUT2D eigenvalue weighted by Gasteiger charge is -2.32. The second kappa shape index (κ2) is 8.99. The molecule has 1 fully saturated rings. The Kier molecular flexibility index (Phi) is 6.19. The van der Waals surface area contributed by atoms with Gasteiger partial charge in [0.1, 0.15) is 5.75 Å². The first-order chi connectivity index (χ1) is 14.1. The molecule has 1 aromatic carbocycles. The van der Waals surface area contributed by atoms with Crippen molar-refractivity contribution >= 4 is 17.5 Å². The zero-order chi connectivity index (χ0) is 20.2. The molecule has 4 rings (SSSR count). The van der Waals surface area contributed by atoms with Gasteiger partial charge in [0.25, 0.3) is 11.5 Å². The average molecular weight is 416 g/mol. The summed E-state index contributed by atoms with van der Waals surface area (Å²) in [6, 6.07) is 8.92. The number of aryl methyl sites for hydroxylation is 2. The molecule has 1 amide bonds. The van der Waals surface area contributed by atoms with Crippen LogP contribution in [0.1, 0.15) is 36.9 Å². The minimum Gasteiger partial charge on any atom is -0.482 e. The molecule has 1 aromatic heterocycles. The molecule has 6 nitrogen and oxygen atoms in total. The normalized spacial score (nSPS) is 17.1. The summed E-state index contributed by atoms with van der Waals surface area (Å²) in [6.45, 7) is 1.97. The quantitative estimate of drug-likeness (QED) is 0.752. The number of hydrogen-bond donors (Lipinski definition) is 0. The summed E-state index contributed by atoms with van der Waals surface area (Å²) >= 11 is 6.06. The minimum atomic E-state index is -0.0348. The molecule has 0 radical (unpaired) electrons. The zero-order valence-electron chi connectivity index (χ0n) is 16.5. The van der Waals surface area contributed by atoms with Gasteiger partial charge < -0.3 is 9.64 Å². The molecule has 154 valence electrons. The first-order valence-corrected chi connectivity index (χ1v) is 10.7. The van der Waals surface area contributed by atoms with E-state index in [0.29, 0.717) is 36.3 Å². The summed E-state index contributed by atoms with van der Waals surface area (Å²) in [5, 5.41) is 5.13. The largest absolute Gasteiger partial charge is 0.482 e. The van der Waals surface area contributed by atoms with Crippen LogP contribution < -0.4 is 10.3 Å². The molecule has 0 saturated carbocycles. The van der Waals surface area contributed by atoms with Gasteiger partial charge in [-0.25, -0.2) is 4.68 Å². The van der Waals surface area contributed by atoms with Crippen LogP contribution in [0.3, 0.4) is 0 Å². The lowest BCUT2D eigenvalue weighted by Crippen LogP contribution is -2.42. The van der Waals surface area contributed by atoms with E-state index in [-0.39, 0.29) is 18.1 Å². The number of rotatable bonds is 5. The van der Waals surface area contributed by atoms with Gasteiger partial charge in [-0.3, -0.25) is 9.59 Å². The van der Waals surface area contributed by atoms with E-state index in [2.05, 4.69) is 5.10 Å². The van der Waals surface area contributed by atoms with Crippen LogP contribution >= 0.6 is 11.6 Å². The van der Waals surface area contributed by atoms with Gasteiger partial charge in [0.15, 0.2) is 6.61 Å². The predicted molar refractivity (Wildman–Crippen MR) is 111 cm³/mol. The maximum atomic E-state index is 12.5. The van der Waals surface area contributed by atoms with Crippen molar-refractivity contribution in [1.29, 1.82) is 0 Å². The van der Waals surface area contributed by atoms with Gasteiger partial charge in [-0.2, -0.15) is 5.10 Å². The van der Waals surface area contributed by atoms with Gasteiger partial charge in [0.05, 0.1) is 10.7 Å². The number of fused-ring (bicyclic) bond motifs is 1. The highest BCUT2D eigenvalue weighted by Gasteiger charge is 2.24. The van der Waals surface area contributed by atoms with E-state index in [4.69, 9.17) is 16.3 Å². The molecule has 0 N–H and O–H groups in total. The summed E-state index contributed by atoms with van der Waals surface area (Å²) in [5.74, 6) is 0.845. The van der Waals surface area contributed by atoms with E-state index >= 15 is 0 Å². The van der Waals surface area contributed by atoms with Crippen molar-refractivity contribution in [2.24, 2.45) is 5.92 Å². The van der Waals surface area contributed by atoms with Crippen molar-refractivity contribution in [2.75, 3.05) is 19.7 Å². The summed E-state index contributed by atoms with van der Waals surface area (Å²) in [4.78, 5) is 26.7. The van der Waals surface area contributed by atoms with Crippen LogP contribution in [0.5, 0.6) is 5.75 Å². The number of halogens is 1. The van der Waals surface area contributed by atoms with E-state index in [0.717, 1.165) is 49.8 Å². The Morgan fingerprint density at radius 2 is 1.93 bits per heavy atom. The number of piperidine rings is 1. The molecule has 0 atom stereocenters. The summed E-state index contributed by atoms with van der Waals surface area (Å²) in [6.07, 6.45) is 5.95. The van der Waals surface area contributed by atoms with Gasteiger partial charge in [-0.05, 0) is 62.1 Å². The Morgan fingerprint density at radius 3 is 2.72 bits per heavy atom. The average Bonchev–Trinajstić information content (AvgIpc) is 2.74. The van der Waals surface area contributed by atoms with Crippen molar-refractivity contribution in [3.8, 4) is 5.75 Å². The SMILES string of the molecule is O=C(COc1ccccc1Cl)N1CCC(Cn2nc3c(cc2=O)CCCC3)CC1. The Morgan fingerprint density at radius 1 is 1.17 bits per heavy atom. The maximum absolute atomic E-state index is 12.5.